The van der Waals surface area contributed by atoms with Crippen molar-refractivity contribution in [3.05, 3.63) is 54.1 Å². The van der Waals surface area contributed by atoms with Gasteiger partial charge in [0.15, 0.2) is 0 Å². The van der Waals surface area contributed by atoms with Crippen LogP contribution in [0.5, 0.6) is 11.5 Å². The number of likely N-dealkylation sites (tertiary alicyclic amines) is 1. The van der Waals surface area contributed by atoms with Gasteiger partial charge in [-0.2, -0.15) is 0 Å². The molecule has 0 saturated carbocycles. The van der Waals surface area contributed by atoms with E-state index in [1.54, 1.807) is 7.11 Å². The summed E-state index contributed by atoms with van der Waals surface area (Å²) in [6.45, 7) is 5.58. The fraction of sp³-hybridized carbons (Fsp3) is 0.409. The van der Waals surface area contributed by atoms with Gasteiger partial charge < -0.3 is 14.4 Å². The molecular weight excluding hydrogens is 340 g/mol. The standard InChI is InChI=1S/C22H26N2O3/c1-15(2)23-14-18-12-20(23)22(25)24(19-6-4-5-7-21(19)27-18)13-16-8-10-17(26-3)11-9-16/h4-11,15,18,20H,12-14H2,1-3H3/t18-,20-/m0/s1. The first-order valence-electron chi connectivity index (χ1n) is 9.52. The highest BCUT2D eigenvalue weighted by molar-refractivity contribution is 5.99. The molecule has 2 bridgehead atoms. The molecule has 4 rings (SSSR count). The second-order valence-electron chi connectivity index (χ2n) is 7.52. The first-order chi connectivity index (χ1) is 13.1. The molecule has 0 aromatic heterocycles. The van der Waals surface area contributed by atoms with Crippen LogP contribution in [0.15, 0.2) is 48.5 Å². The van der Waals surface area contributed by atoms with Crippen molar-refractivity contribution in [2.45, 2.75) is 45.0 Å². The lowest BCUT2D eigenvalue weighted by Gasteiger charge is -2.33. The number of rotatable bonds is 4. The molecular formula is C22H26N2O3. The minimum Gasteiger partial charge on any atom is -0.497 e. The van der Waals surface area contributed by atoms with Crippen molar-refractivity contribution in [1.29, 1.82) is 0 Å². The SMILES string of the molecule is COc1ccc(CN2C(=O)[C@@H]3C[C@@H](CN3C(C)C)Oc3ccccc32)cc1. The molecule has 0 spiro atoms. The molecule has 2 heterocycles. The predicted molar refractivity (Wildman–Crippen MR) is 105 cm³/mol. The van der Waals surface area contributed by atoms with Crippen LogP contribution in [-0.2, 0) is 11.3 Å². The molecule has 1 fully saturated rings. The lowest BCUT2D eigenvalue weighted by atomic mass is 10.1. The molecule has 0 N–H and O–H groups in total. The third-order valence-corrected chi connectivity index (χ3v) is 5.46. The van der Waals surface area contributed by atoms with Gasteiger partial charge in [-0.1, -0.05) is 24.3 Å². The van der Waals surface area contributed by atoms with Crippen molar-refractivity contribution >= 4 is 11.6 Å². The Morgan fingerprint density at radius 3 is 2.59 bits per heavy atom. The van der Waals surface area contributed by atoms with E-state index in [2.05, 4.69) is 18.7 Å². The molecule has 2 aromatic carbocycles. The first-order valence-corrected chi connectivity index (χ1v) is 9.52. The second kappa shape index (κ2) is 7.24. The molecule has 142 valence electrons. The van der Waals surface area contributed by atoms with Gasteiger partial charge >= 0.3 is 0 Å². The maximum Gasteiger partial charge on any atom is 0.244 e. The number of hydrogen-bond donors (Lipinski definition) is 0. The maximum absolute atomic E-state index is 13.6. The monoisotopic (exact) mass is 366 g/mol. The number of para-hydroxylation sites is 2. The Kier molecular flexibility index (Phi) is 4.79. The van der Waals surface area contributed by atoms with E-state index in [-0.39, 0.29) is 18.1 Å². The van der Waals surface area contributed by atoms with Crippen LogP contribution in [0.4, 0.5) is 5.69 Å². The molecule has 0 radical (unpaired) electrons. The number of fused-ring (bicyclic) bond motifs is 3. The Labute approximate surface area is 160 Å². The number of carbonyl (C=O) groups is 1. The van der Waals surface area contributed by atoms with Crippen LogP contribution in [0, 0.1) is 0 Å². The molecule has 1 saturated heterocycles. The third kappa shape index (κ3) is 3.39. The number of benzene rings is 2. The average molecular weight is 366 g/mol. The fourth-order valence-electron chi connectivity index (χ4n) is 4.05. The number of methoxy groups -OCH3 is 1. The molecule has 2 aromatic rings. The normalized spacial score (nSPS) is 22.2. The van der Waals surface area contributed by atoms with E-state index in [4.69, 9.17) is 9.47 Å². The van der Waals surface area contributed by atoms with Crippen molar-refractivity contribution in [2.75, 3.05) is 18.6 Å². The first kappa shape index (κ1) is 17.9. The minimum absolute atomic E-state index is 0.0608. The molecule has 2 aliphatic heterocycles. The Balaban J connectivity index is 1.71. The van der Waals surface area contributed by atoms with Crippen molar-refractivity contribution in [3.8, 4) is 11.5 Å². The van der Waals surface area contributed by atoms with Gasteiger partial charge in [-0.05, 0) is 43.7 Å². The number of ether oxygens (including phenoxy) is 2. The van der Waals surface area contributed by atoms with Gasteiger partial charge in [0.2, 0.25) is 5.91 Å². The van der Waals surface area contributed by atoms with Crippen molar-refractivity contribution in [3.63, 3.8) is 0 Å². The summed E-state index contributed by atoms with van der Waals surface area (Å²) in [5.41, 5.74) is 1.91. The molecule has 2 aliphatic rings. The smallest absolute Gasteiger partial charge is 0.244 e. The lowest BCUT2D eigenvalue weighted by molar-refractivity contribution is -0.123. The van der Waals surface area contributed by atoms with Gasteiger partial charge in [-0.15, -0.1) is 0 Å². The van der Waals surface area contributed by atoms with E-state index in [1.165, 1.54) is 0 Å². The highest BCUT2D eigenvalue weighted by Crippen LogP contribution is 2.37. The van der Waals surface area contributed by atoms with Gasteiger partial charge in [0, 0.05) is 19.0 Å². The van der Waals surface area contributed by atoms with Crippen LogP contribution >= 0.6 is 0 Å². The van der Waals surface area contributed by atoms with Crippen LogP contribution < -0.4 is 14.4 Å². The summed E-state index contributed by atoms with van der Waals surface area (Å²) in [6.07, 6.45) is 0.801. The molecule has 0 aliphatic carbocycles. The van der Waals surface area contributed by atoms with Crippen LogP contribution in [0.1, 0.15) is 25.8 Å². The van der Waals surface area contributed by atoms with Gasteiger partial charge in [0.1, 0.15) is 17.6 Å². The highest BCUT2D eigenvalue weighted by atomic mass is 16.5. The third-order valence-electron chi connectivity index (χ3n) is 5.46. The summed E-state index contributed by atoms with van der Waals surface area (Å²) >= 11 is 0. The Bertz CT molecular complexity index is 819. The molecule has 5 heteroatoms. The summed E-state index contributed by atoms with van der Waals surface area (Å²) in [6, 6.07) is 15.9. The van der Waals surface area contributed by atoms with Crippen molar-refractivity contribution in [1.82, 2.24) is 4.90 Å². The molecule has 5 nitrogen and oxygen atoms in total. The predicted octanol–water partition coefficient (Wildman–Crippen LogP) is 3.47. The number of nitrogens with zero attached hydrogens (tertiary/aromatic N) is 2. The highest BCUT2D eigenvalue weighted by Gasteiger charge is 2.43. The zero-order valence-corrected chi connectivity index (χ0v) is 16.1. The Morgan fingerprint density at radius 2 is 1.89 bits per heavy atom. The van der Waals surface area contributed by atoms with Crippen molar-refractivity contribution < 1.29 is 14.3 Å². The van der Waals surface area contributed by atoms with Gasteiger partial charge in [-0.3, -0.25) is 9.69 Å². The summed E-state index contributed by atoms with van der Waals surface area (Å²) in [5, 5.41) is 0. The topological polar surface area (TPSA) is 42.0 Å². The van der Waals surface area contributed by atoms with E-state index >= 15 is 0 Å². The van der Waals surface area contributed by atoms with Crippen LogP contribution in [0.2, 0.25) is 0 Å². The quantitative estimate of drug-likeness (QED) is 0.831. The molecule has 1 amide bonds. The van der Waals surface area contributed by atoms with Gasteiger partial charge in [-0.25, -0.2) is 0 Å². The van der Waals surface area contributed by atoms with E-state index in [9.17, 15) is 4.79 Å². The summed E-state index contributed by atoms with van der Waals surface area (Å²) in [5.74, 6) is 1.75. The van der Waals surface area contributed by atoms with Crippen LogP contribution in [0.3, 0.4) is 0 Å². The van der Waals surface area contributed by atoms with E-state index in [0.29, 0.717) is 12.6 Å². The molecule has 2 atom stereocenters. The fourth-order valence-corrected chi connectivity index (χ4v) is 4.05. The van der Waals surface area contributed by atoms with Crippen LogP contribution in [0.25, 0.3) is 0 Å². The average Bonchev–Trinajstić information content (AvgIpc) is 3.11. The number of amides is 1. The zero-order valence-electron chi connectivity index (χ0n) is 16.1. The number of anilines is 1. The summed E-state index contributed by atoms with van der Waals surface area (Å²) in [4.78, 5) is 17.7. The van der Waals surface area contributed by atoms with Gasteiger partial charge in [0.05, 0.1) is 25.4 Å². The summed E-state index contributed by atoms with van der Waals surface area (Å²) < 4.78 is 11.6. The Morgan fingerprint density at radius 1 is 1.15 bits per heavy atom. The minimum atomic E-state index is -0.137. The number of carbonyl (C=O) groups excluding carboxylic acids is 1. The van der Waals surface area contributed by atoms with Crippen LogP contribution in [-0.4, -0.2) is 42.6 Å². The second-order valence-corrected chi connectivity index (χ2v) is 7.52. The number of hydrogen-bond acceptors (Lipinski definition) is 4. The van der Waals surface area contributed by atoms with E-state index in [1.807, 2.05) is 53.4 Å². The maximum atomic E-state index is 13.6. The zero-order chi connectivity index (χ0) is 19.0. The van der Waals surface area contributed by atoms with E-state index in [0.717, 1.165) is 35.7 Å². The van der Waals surface area contributed by atoms with E-state index < -0.39 is 0 Å². The summed E-state index contributed by atoms with van der Waals surface area (Å²) in [7, 11) is 1.65. The largest absolute Gasteiger partial charge is 0.497 e. The lowest BCUT2D eigenvalue weighted by Crippen LogP contribution is -2.48. The van der Waals surface area contributed by atoms with Crippen molar-refractivity contribution in [2.24, 2.45) is 0 Å². The molecule has 27 heavy (non-hydrogen) atoms. The molecule has 0 unspecified atom stereocenters. The van der Waals surface area contributed by atoms with Gasteiger partial charge in [0.25, 0.3) is 0 Å². The Hall–Kier alpha value is -2.53.